The van der Waals surface area contributed by atoms with E-state index in [-0.39, 0.29) is 36.1 Å². The first-order chi connectivity index (χ1) is 12.8. The second kappa shape index (κ2) is 12.7. The number of rotatable bonds is 6. The number of nitrogens with zero attached hydrogens (tertiary/aromatic N) is 3. The summed E-state index contributed by atoms with van der Waals surface area (Å²) in [5.41, 5.74) is 5.52. The van der Waals surface area contributed by atoms with Gasteiger partial charge < -0.3 is 25.4 Å². The van der Waals surface area contributed by atoms with Crippen molar-refractivity contribution in [2.75, 3.05) is 52.5 Å². The second-order valence-electron chi connectivity index (χ2n) is 8.28. The standard InChI is InChI=1S/C19H37N5O3.HI/c1-19(2,3)27-18(25)24-10-5-4-7-16(24)15-22-17(20)21-8-6-9-23-11-13-26-14-12-23;/h16H,4-15H2,1-3H3,(H3,20,21,22);1H. The third-order valence-electron chi connectivity index (χ3n) is 4.79. The molecule has 0 aromatic rings. The third-order valence-corrected chi connectivity index (χ3v) is 4.79. The van der Waals surface area contributed by atoms with Crippen LogP contribution in [0, 0.1) is 0 Å². The van der Waals surface area contributed by atoms with Gasteiger partial charge in [-0.05, 0) is 53.0 Å². The topological polar surface area (TPSA) is 92.4 Å². The fraction of sp³-hybridized carbons (Fsp3) is 0.895. The van der Waals surface area contributed by atoms with Crippen LogP contribution in [0.15, 0.2) is 4.99 Å². The number of nitrogens with one attached hydrogen (secondary N) is 1. The van der Waals surface area contributed by atoms with E-state index < -0.39 is 5.60 Å². The van der Waals surface area contributed by atoms with Gasteiger partial charge in [0.05, 0.1) is 25.8 Å². The molecule has 0 radical (unpaired) electrons. The lowest BCUT2D eigenvalue weighted by Gasteiger charge is -2.36. The van der Waals surface area contributed by atoms with Crippen molar-refractivity contribution in [2.24, 2.45) is 10.7 Å². The van der Waals surface area contributed by atoms with Gasteiger partial charge in [0.2, 0.25) is 0 Å². The molecule has 8 nitrogen and oxygen atoms in total. The Kier molecular flexibility index (Phi) is 11.4. The van der Waals surface area contributed by atoms with Gasteiger partial charge in [-0.25, -0.2) is 4.79 Å². The summed E-state index contributed by atoms with van der Waals surface area (Å²) in [5.74, 6) is 0.451. The highest BCUT2D eigenvalue weighted by atomic mass is 127. The van der Waals surface area contributed by atoms with Gasteiger partial charge in [-0.15, -0.1) is 24.0 Å². The molecule has 1 unspecified atom stereocenters. The van der Waals surface area contributed by atoms with Crippen LogP contribution in [0.25, 0.3) is 0 Å². The highest BCUT2D eigenvalue weighted by Crippen LogP contribution is 2.20. The van der Waals surface area contributed by atoms with Gasteiger partial charge >= 0.3 is 6.09 Å². The average molecular weight is 511 g/mol. The van der Waals surface area contributed by atoms with E-state index in [9.17, 15) is 4.79 Å². The monoisotopic (exact) mass is 511 g/mol. The first-order valence-corrected chi connectivity index (χ1v) is 10.2. The molecular formula is C19H38IN5O3. The number of nitrogens with two attached hydrogens (primary N) is 1. The number of amides is 1. The Labute approximate surface area is 186 Å². The van der Waals surface area contributed by atoms with Crippen molar-refractivity contribution in [1.29, 1.82) is 0 Å². The van der Waals surface area contributed by atoms with Gasteiger partial charge in [0.25, 0.3) is 0 Å². The normalized spacial score (nSPS) is 21.8. The van der Waals surface area contributed by atoms with Crippen LogP contribution in [0.4, 0.5) is 4.79 Å². The molecule has 164 valence electrons. The zero-order chi connectivity index (χ0) is 19.7. The summed E-state index contributed by atoms with van der Waals surface area (Å²) in [6.45, 7) is 12.4. The van der Waals surface area contributed by atoms with Crippen molar-refractivity contribution >= 4 is 36.0 Å². The fourth-order valence-corrected chi connectivity index (χ4v) is 3.35. The summed E-state index contributed by atoms with van der Waals surface area (Å²) in [7, 11) is 0. The highest BCUT2D eigenvalue weighted by Gasteiger charge is 2.30. The molecule has 0 aromatic heterocycles. The largest absolute Gasteiger partial charge is 0.444 e. The van der Waals surface area contributed by atoms with Gasteiger partial charge in [-0.2, -0.15) is 0 Å². The minimum atomic E-state index is -0.483. The summed E-state index contributed by atoms with van der Waals surface area (Å²) < 4.78 is 10.9. The van der Waals surface area contributed by atoms with Crippen LogP contribution in [0.3, 0.4) is 0 Å². The molecule has 2 aliphatic heterocycles. The second-order valence-corrected chi connectivity index (χ2v) is 8.28. The molecule has 0 spiro atoms. The summed E-state index contributed by atoms with van der Waals surface area (Å²) in [5, 5.41) is 3.18. The number of guanidine groups is 1. The lowest BCUT2D eigenvalue weighted by Crippen LogP contribution is -2.48. The summed E-state index contributed by atoms with van der Waals surface area (Å²) in [6, 6.07) is 0.0577. The van der Waals surface area contributed by atoms with Gasteiger partial charge in [0.1, 0.15) is 5.60 Å². The quantitative estimate of drug-likeness (QED) is 0.246. The van der Waals surface area contributed by atoms with Gasteiger partial charge in [0, 0.05) is 26.2 Å². The van der Waals surface area contributed by atoms with E-state index in [0.717, 1.165) is 71.6 Å². The number of hydrogen-bond donors (Lipinski definition) is 2. The van der Waals surface area contributed by atoms with E-state index in [2.05, 4.69) is 15.2 Å². The minimum absolute atomic E-state index is 0. The molecule has 0 saturated carbocycles. The lowest BCUT2D eigenvalue weighted by molar-refractivity contribution is 0.0110. The number of carbonyl (C=O) groups is 1. The third kappa shape index (κ3) is 9.60. The number of ether oxygens (including phenoxy) is 2. The predicted molar refractivity (Wildman–Crippen MR) is 122 cm³/mol. The molecule has 1 amide bonds. The molecule has 2 aliphatic rings. The average Bonchev–Trinajstić information content (AvgIpc) is 2.63. The van der Waals surface area contributed by atoms with E-state index >= 15 is 0 Å². The summed E-state index contributed by atoms with van der Waals surface area (Å²) in [6.07, 6.45) is 3.82. The van der Waals surface area contributed by atoms with E-state index in [1.165, 1.54) is 0 Å². The maximum absolute atomic E-state index is 12.4. The number of morpholine rings is 1. The maximum atomic E-state index is 12.4. The molecule has 2 rings (SSSR count). The van der Waals surface area contributed by atoms with Crippen molar-refractivity contribution in [3.05, 3.63) is 0 Å². The summed E-state index contributed by atoms with van der Waals surface area (Å²) in [4.78, 5) is 21.1. The van der Waals surface area contributed by atoms with E-state index in [0.29, 0.717) is 12.5 Å². The molecule has 3 N–H and O–H groups in total. The Hall–Kier alpha value is -0.810. The summed E-state index contributed by atoms with van der Waals surface area (Å²) >= 11 is 0. The first kappa shape index (κ1) is 25.2. The zero-order valence-corrected chi connectivity index (χ0v) is 19.9. The van der Waals surface area contributed by atoms with Crippen molar-refractivity contribution in [3.8, 4) is 0 Å². The van der Waals surface area contributed by atoms with Crippen LogP contribution in [0.1, 0.15) is 46.5 Å². The molecule has 28 heavy (non-hydrogen) atoms. The van der Waals surface area contributed by atoms with Crippen molar-refractivity contribution < 1.29 is 14.3 Å². The van der Waals surface area contributed by atoms with Gasteiger partial charge in [0.15, 0.2) is 5.96 Å². The number of aliphatic imine (C=N–C) groups is 1. The van der Waals surface area contributed by atoms with E-state index in [1.54, 1.807) is 0 Å². The van der Waals surface area contributed by atoms with Crippen molar-refractivity contribution in [1.82, 2.24) is 15.1 Å². The molecule has 0 aliphatic carbocycles. The predicted octanol–water partition coefficient (Wildman–Crippen LogP) is 2.02. The van der Waals surface area contributed by atoms with Gasteiger partial charge in [-0.3, -0.25) is 9.89 Å². The Morgan fingerprint density at radius 1 is 1.25 bits per heavy atom. The number of piperidine rings is 1. The molecule has 0 aromatic carbocycles. The number of hydrogen-bond acceptors (Lipinski definition) is 5. The fourth-order valence-electron chi connectivity index (χ4n) is 3.35. The van der Waals surface area contributed by atoms with Crippen molar-refractivity contribution in [2.45, 2.75) is 58.1 Å². The van der Waals surface area contributed by atoms with Crippen LogP contribution < -0.4 is 11.1 Å². The molecule has 9 heteroatoms. The van der Waals surface area contributed by atoms with Crippen molar-refractivity contribution in [3.63, 3.8) is 0 Å². The molecule has 2 fully saturated rings. The Bertz CT molecular complexity index is 492. The van der Waals surface area contributed by atoms with Crippen LogP contribution in [-0.2, 0) is 9.47 Å². The highest BCUT2D eigenvalue weighted by molar-refractivity contribution is 14.0. The Morgan fingerprint density at radius 2 is 1.96 bits per heavy atom. The van der Waals surface area contributed by atoms with E-state index in [1.807, 2.05) is 25.7 Å². The Morgan fingerprint density at radius 3 is 2.64 bits per heavy atom. The molecule has 1 atom stereocenters. The molecule has 2 heterocycles. The van der Waals surface area contributed by atoms with Gasteiger partial charge in [-0.1, -0.05) is 0 Å². The molecule has 2 saturated heterocycles. The number of halogens is 1. The molecule has 0 bridgehead atoms. The first-order valence-electron chi connectivity index (χ1n) is 10.2. The minimum Gasteiger partial charge on any atom is -0.444 e. The van der Waals surface area contributed by atoms with E-state index in [4.69, 9.17) is 15.2 Å². The zero-order valence-electron chi connectivity index (χ0n) is 17.6. The SMILES string of the molecule is CC(C)(C)OC(=O)N1CCCCC1CN=C(N)NCCCN1CCOCC1.I. The Balaban J connectivity index is 0.00000392. The number of carbonyl (C=O) groups excluding carboxylic acids is 1. The number of likely N-dealkylation sites (tertiary alicyclic amines) is 1. The molecular weight excluding hydrogens is 473 g/mol. The lowest BCUT2D eigenvalue weighted by atomic mass is 10.0. The van der Waals surface area contributed by atoms with Crippen LogP contribution in [-0.4, -0.2) is 86.0 Å². The smallest absolute Gasteiger partial charge is 0.410 e. The van der Waals surface area contributed by atoms with Crippen LogP contribution in [0.2, 0.25) is 0 Å². The maximum Gasteiger partial charge on any atom is 0.410 e. The van der Waals surface area contributed by atoms with Crippen LogP contribution in [0.5, 0.6) is 0 Å². The van der Waals surface area contributed by atoms with Crippen LogP contribution >= 0.6 is 24.0 Å².